The number of aryl methyl sites for hydroxylation is 1. The SMILES string of the molecule is Cc1ccc(-c2noc(COc3ccc(Cl)cc3[N+](=O)[O-])n2)cc1F. The van der Waals surface area contributed by atoms with Crippen molar-refractivity contribution >= 4 is 17.3 Å². The van der Waals surface area contributed by atoms with E-state index in [2.05, 4.69) is 10.1 Å². The van der Waals surface area contributed by atoms with Crippen molar-refractivity contribution < 1.29 is 18.6 Å². The van der Waals surface area contributed by atoms with Gasteiger partial charge in [0.15, 0.2) is 12.4 Å². The van der Waals surface area contributed by atoms with E-state index in [1.807, 2.05) is 0 Å². The molecule has 2 aromatic carbocycles. The van der Waals surface area contributed by atoms with E-state index in [4.69, 9.17) is 20.9 Å². The van der Waals surface area contributed by atoms with E-state index < -0.39 is 4.92 Å². The van der Waals surface area contributed by atoms with Crippen LogP contribution in [-0.4, -0.2) is 15.1 Å². The quantitative estimate of drug-likeness (QED) is 0.495. The lowest BCUT2D eigenvalue weighted by molar-refractivity contribution is -0.385. The molecule has 25 heavy (non-hydrogen) atoms. The van der Waals surface area contributed by atoms with Gasteiger partial charge in [-0.2, -0.15) is 4.98 Å². The lowest BCUT2D eigenvalue weighted by Crippen LogP contribution is -1.99. The molecule has 9 heteroatoms. The molecular formula is C16H11ClFN3O4. The van der Waals surface area contributed by atoms with Gasteiger partial charge in [-0.3, -0.25) is 10.1 Å². The average Bonchev–Trinajstić information content (AvgIpc) is 3.05. The lowest BCUT2D eigenvalue weighted by Gasteiger charge is -2.04. The zero-order valence-corrected chi connectivity index (χ0v) is 13.7. The molecule has 128 valence electrons. The zero-order chi connectivity index (χ0) is 18.0. The van der Waals surface area contributed by atoms with Crippen molar-refractivity contribution in [2.45, 2.75) is 13.5 Å². The number of ether oxygens (including phenoxy) is 1. The Bertz CT molecular complexity index is 945. The summed E-state index contributed by atoms with van der Waals surface area (Å²) in [6.45, 7) is 1.47. The van der Waals surface area contributed by atoms with Crippen molar-refractivity contribution in [3.05, 3.63) is 68.8 Å². The van der Waals surface area contributed by atoms with Gasteiger partial charge in [-0.1, -0.05) is 28.9 Å². The van der Waals surface area contributed by atoms with Crippen molar-refractivity contribution in [1.82, 2.24) is 10.1 Å². The third-order valence-electron chi connectivity index (χ3n) is 3.37. The van der Waals surface area contributed by atoms with Crippen LogP contribution in [0.15, 0.2) is 40.9 Å². The number of aromatic nitrogens is 2. The van der Waals surface area contributed by atoms with E-state index >= 15 is 0 Å². The molecule has 0 fully saturated rings. The summed E-state index contributed by atoms with van der Waals surface area (Å²) in [7, 11) is 0. The Morgan fingerprint density at radius 1 is 1.32 bits per heavy atom. The van der Waals surface area contributed by atoms with E-state index in [1.54, 1.807) is 19.1 Å². The number of halogens is 2. The van der Waals surface area contributed by atoms with Crippen LogP contribution in [0.5, 0.6) is 5.75 Å². The summed E-state index contributed by atoms with van der Waals surface area (Å²) in [4.78, 5) is 14.5. The van der Waals surface area contributed by atoms with Gasteiger partial charge in [0.25, 0.3) is 5.89 Å². The first-order chi connectivity index (χ1) is 11.9. The Hall–Kier alpha value is -3.00. The predicted octanol–water partition coefficient (Wildman–Crippen LogP) is 4.32. The summed E-state index contributed by atoms with van der Waals surface area (Å²) in [6, 6.07) is 8.61. The highest BCUT2D eigenvalue weighted by Gasteiger charge is 2.17. The van der Waals surface area contributed by atoms with Gasteiger partial charge in [-0.15, -0.1) is 0 Å². The van der Waals surface area contributed by atoms with Gasteiger partial charge < -0.3 is 9.26 Å². The fourth-order valence-corrected chi connectivity index (χ4v) is 2.22. The summed E-state index contributed by atoms with van der Waals surface area (Å²) >= 11 is 5.74. The normalized spacial score (nSPS) is 10.7. The van der Waals surface area contributed by atoms with Crippen molar-refractivity contribution in [3.8, 4) is 17.1 Å². The first-order valence-corrected chi connectivity index (χ1v) is 7.47. The number of hydrogen-bond donors (Lipinski definition) is 0. The van der Waals surface area contributed by atoms with Crippen LogP contribution in [0.4, 0.5) is 10.1 Å². The first-order valence-electron chi connectivity index (χ1n) is 7.10. The predicted molar refractivity (Wildman–Crippen MR) is 86.9 cm³/mol. The molecule has 1 heterocycles. The van der Waals surface area contributed by atoms with Crippen molar-refractivity contribution in [2.75, 3.05) is 0 Å². The maximum absolute atomic E-state index is 13.6. The molecule has 0 atom stereocenters. The standard InChI is InChI=1S/C16H11ClFN3O4/c1-9-2-3-10(6-12(9)18)16-19-15(25-20-16)8-24-14-5-4-11(17)7-13(14)21(22)23/h2-7H,8H2,1H3. The van der Waals surface area contributed by atoms with Crippen molar-refractivity contribution in [2.24, 2.45) is 0 Å². The first kappa shape index (κ1) is 16.8. The molecule has 3 aromatic rings. The van der Waals surface area contributed by atoms with Crippen LogP contribution >= 0.6 is 11.6 Å². The summed E-state index contributed by atoms with van der Waals surface area (Å²) in [5, 5.41) is 15.0. The number of nitro groups is 1. The maximum Gasteiger partial charge on any atom is 0.312 e. The molecular weight excluding hydrogens is 353 g/mol. The minimum atomic E-state index is -0.602. The zero-order valence-electron chi connectivity index (χ0n) is 12.9. The van der Waals surface area contributed by atoms with Gasteiger partial charge in [0.05, 0.1) is 4.92 Å². The van der Waals surface area contributed by atoms with E-state index in [9.17, 15) is 14.5 Å². The number of rotatable bonds is 5. The Morgan fingerprint density at radius 3 is 2.84 bits per heavy atom. The number of nitro benzene ring substituents is 1. The average molecular weight is 364 g/mol. The number of hydrogen-bond acceptors (Lipinski definition) is 6. The largest absolute Gasteiger partial charge is 0.477 e. The van der Waals surface area contributed by atoms with Crippen LogP contribution in [-0.2, 0) is 6.61 Å². The van der Waals surface area contributed by atoms with Crippen molar-refractivity contribution in [1.29, 1.82) is 0 Å². The van der Waals surface area contributed by atoms with Gasteiger partial charge in [-0.25, -0.2) is 4.39 Å². The summed E-state index contributed by atoms with van der Waals surface area (Å²) in [6.07, 6.45) is 0. The molecule has 0 N–H and O–H groups in total. The Kier molecular flexibility index (Phi) is 4.62. The molecule has 0 aliphatic rings. The second kappa shape index (κ2) is 6.86. The molecule has 0 amide bonds. The van der Waals surface area contributed by atoms with Gasteiger partial charge in [0.1, 0.15) is 5.82 Å². The minimum Gasteiger partial charge on any atom is -0.477 e. The fourth-order valence-electron chi connectivity index (χ4n) is 2.06. The molecule has 0 radical (unpaired) electrons. The van der Waals surface area contributed by atoms with Gasteiger partial charge in [-0.05, 0) is 30.7 Å². The second-order valence-electron chi connectivity index (χ2n) is 5.13. The molecule has 1 aromatic heterocycles. The van der Waals surface area contributed by atoms with Crippen LogP contribution in [0.3, 0.4) is 0 Å². The van der Waals surface area contributed by atoms with Gasteiger partial charge >= 0.3 is 5.69 Å². The van der Waals surface area contributed by atoms with Crippen LogP contribution in [0, 0.1) is 22.9 Å². The van der Waals surface area contributed by atoms with Gasteiger partial charge in [0.2, 0.25) is 5.82 Å². The maximum atomic E-state index is 13.6. The van der Waals surface area contributed by atoms with Crippen molar-refractivity contribution in [3.63, 3.8) is 0 Å². The number of benzene rings is 2. The Balaban J connectivity index is 1.76. The Labute approximate surface area is 146 Å². The van der Waals surface area contributed by atoms with E-state index in [-0.39, 0.29) is 40.6 Å². The molecule has 0 bridgehead atoms. The molecule has 0 saturated carbocycles. The van der Waals surface area contributed by atoms with E-state index in [0.717, 1.165) is 0 Å². The summed E-state index contributed by atoms with van der Waals surface area (Å²) in [5.41, 5.74) is 0.689. The Morgan fingerprint density at radius 2 is 2.12 bits per heavy atom. The monoisotopic (exact) mass is 363 g/mol. The smallest absolute Gasteiger partial charge is 0.312 e. The molecule has 7 nitrogen and oxygen atoms in total. The fraction of sp³-hybridized carbons (Fsp3) is 0.125. The topological polar surface area (TPSA) is 91.3 Å². The van der Waals surface area contributed by atoms with Gasteiger partial charge in [0, 0.05) is 16.7 Å². The highest BCUT2D eigenvalue weighted by Crippen LogP contribution is 2.30. The third-order valence-corrected chi connectivity index (χ3v) is 3.60. The second-order valence-corrected chi connectivity index (χ2v) is 5.57. The van der Waals surface area contributed by atoms with Crippen LogP contribution in [0.25, 0.3) is 11.4 Å². The van der Waals surface area contributed by atoms with E-state index in [0.29, 0.717) is 11.1 Å². The lowest BCUT2D eigenvalue weighted by atomic mass is 10.1. The molecule has 0 unspecified atom stereocenters. The molecule has 0 saturated heterocycles. The molecule has 0 aliphatic carbocycles. The number of nitrogens with zero attached hydrogens (tertiary/aromatic N) is 3. The highest BCUT2D eigenvalue weighted by molar-refractivity contribution is 6.30. The third kappa shape index (κ3) is 3.74. The molecule has 0 aliphatic heterocycles. The molecule has 3 rings (SSSR count). The summed E-state index contributed by atoms with van der Waals surface area (Å²) in [5.74, 6) is -0.0595. The van der Waals surface area contributed by atoms with Crippen LogP contribution < -0.4 is 4.74 Å². The minimum absolute atomic E-state index is 0.0236. The van der Waals surface area contributed by atoms with Crippen LogP contribution in [0.1, 0.15) is 11.5 Å². The summed E-state index contributed by atoms with van der Waals surface area (Å²) < 4.78 is 24.0. The molecule has 0 spiro atoms. The van der Waals surface area contributed by atoms with Crippen LogP contribution in [0.2, 0.25) is 5.02 Å². The highest BCUT2D eigenvalue weighted by atomic mass is 35.5. The van der Waals surface area contributed by atoms with E-state index in [1.165, 1.54) is 24.3 Å².